The normalized spacial score (nSPS) is 12.2. The van der Waals surface area contributed by atoms with Crippen molar-refractivity contribution in [1.29, 1.82) is 0 Å². The molecule has 0 aliphatic heterocycles. The van der Waals surface area contributed by atoms with Gasteiger partial charge in [0.05, 0.1) is 13.0 Å². The van der Waals surface area contributed by atoms with Crippen molar-refractivity contribution < 1.29 is 14.6 Å². The maximum Gasteiger partial charge on any atom is 0.303 e. The van der Waals surface area contributed by atoms with Crippen LogP contribution < -0.4 is 4.74 Å². The lowest BCUT2D eigenvalue weighted by Crippen LogP contribution is -2.09. The Balaban J connectivity index is 3.09. The van der Waals surface area contributed by atoms with Crippen molar-refractivity contribution in [3.8, 4) is 5.75 Å². The Morgan fingerprint density at radius 3 is 2.47 bits per heavy atom. The summed E-state index contributed by atoms with van der Waals surface area (Å²) >= 11 is 0. The van der Waals surface area contributed by atoms with Gasteiger partial charge in [0.25, 0.3) is 0 Å². The predicted octanol–water partition coefficient (Wildman–Crippen LogP) is 4.06. The van der Waals surface area contributed by atoms with Crippen LogP contribution in [0.1, 0.15) is 55.7 Å². The second kappa shape index (κ2) is 7.17. The molecule has 0 heterocycles. The van der Waals surface area contributed by atoms with E-state index in [1.807, 2.05) is 26.0 Å². The molecule has 1 unspecified atom stereocenters. The molecule has 3 heteroatoms. The summed E-state index contributed by atoms with van der Waals surface area (Å²) in [5, 5.41) is 9.05. The molecule has 1 atom stereocenters. The third-order valence-electron chi connectivity index (χ3n) is 3.58. The zero-order valence-corrected chi connectivity index (χ0v) is 12.3. The maximum absolute atomic E-state index is 11.0. The van der Waals surface area contributed by atoms with E-state index in [-0.39, 0.29) is 12.3 Å². The fourth-order valence-electron chi connectivity index (χ4n) is 2.50. The van der Waals surface area contributed by atoms with E-state index in [9.17, 15) is 4.79 Å². The molecule has 0 amide bonds. The van der Waals surface area contributed by atoms with Crippen LogP contribution in [0.5, 0.6) is 5.75 Å². The number of carbonyl (C=O) groups is 1. The van der Waals surface area contributed by atoms with Crippen molar-refractivity contribution in [2.75, 3.05) is 6.61 Å². The van der Waals surface area contributed by atoms with Crippen LogP contribution in [-0.2, 0) is 4.79 Å². The Morgan fingerprint density at radius 2 is 1.95 bits per heavy atom. The molecule has 3 nitrogen and oxygen atoms in total. The molecule has 0 saturated carbocycles. The number of hydrogen-bond donors (Lipinski definition) is 1. The van der Waals surface area contributed by atoms with Gasteiger partial charge in [-0.3, -0.25) is 4.79 Å². The van der Waals surface area contributed by atoms with E-state index < -0.39 is 5.97 Å². The van der Waals surface area contributed by atoms with Gasteiger partial charge in [-0.05, 0) is 55.9 Å². The molecular weight excluding hydrogens is 240 g/mol. The highest BCUT2D eigenvalue weighted by Gasteiger charge is 2.18. The Kier molecular flexibility index (Phi) is 5.87. The fourth-order valence-corrected chi connectivity index (χ4v) is 2.50. The number of aliphatic carboxylic acids is 1. The Labute approximate surface area is 115 Å². The molecule has 1 aromatic carbocycles. The highest BCUT2D eigenvalue weighted by molar-refractivity contribution is 5.68. The molecule has 0 bridgehead atoms. The zero-order valence-electron chi connectivity index (χ0n) is 12.3. The summed E-state index contributed by atoms with van der Waals surface area (Å²) in [4.78, 5) is 11.0. The van der Waals surface area contributed by atoms with Crippen LogP contribution in [0.25, 0.3) is 0 Å². The van der Waals surface area contributed by atoms with Crippen molar-refractivity contribution >= 4 is 5.97 Å². The van der Waals surface area contributed by atoms with Gasteiger partial charge in [-0.15, -0.1) is 0 Å². The molecular formula is C16H24O3. The second-order valence-corrected chi connectivity index (χ2v) is 4.92. The molecule has 0 aliphatic carbocycles. The van der Waals surface area contributed by atoms with Gasteiger partial charge in [0, 0.05) is 0 Å². The predicted molar refractivity (Wildman–Crippen MR) is 77.0 cm³/mol. The van der Waals surface area contributed by atoms with Gasteiger partial charge in [0.1, 0.15) is 5.75 Å². The van der Waals surface area contributed by atoms with Crippen molar-refractivity contribution in [2.45, 2.75) is 52.9 Å². The summed E-state index contributed by atoms with van der Waals surface area (Å²) in [5.74, 6) is 0.260. The van der Waals surface area contributed by atoms with E-state index in [0.29, 0.717) is 6.61 Å². The summed E-state index contributed by atoms with van der Waals surface area (Å²) in [5.41, 5.74) is 3.42. The highest BCUT2D eigenvalue weighted by atomic mass is 16.5. The smallest absolute Gasteiger partial charge is 0.303 e. The third kappa shape index (κ3) is 3.98. The first kappa shape index (κ1) is 15.5. The van der Waals surface area contributed by atoms with Crippen LogP contribution in [0.3, 0.4) is 0 Å². The Morgan fingerprint density at radius 1 is 1.26 bits per heavy atom. The van der Waals surface area contributed by atoms with Gasteiger partial charge in [0.2, 0.25) is 0 Å². The number of ether oxygens (including phenoxy) is 1. The van der Waals surface area contributed by atoms with E-state index >= 15 is 0 Å². The van der Waals surface area contributed by atoms with Crippen molar-refractivity contribution in [3.63, 3.8) is 0 Å². The molecule has 1 N–H and O–H groups in total. The first-order valence-corrected chi connectivity index (χ1v) is 6.95. The van der Waals surface area contributed by atoms with Gasteiger partial charge in [0.15, 0.2) is 0 Å². The second-order valence-electron chi connectivity index (χ2n) is 4.92. The van der Waals surface area contributed by atoms with Crippen molar-refractivity contribution in [2.24, 2.45) is 0 Å². The minimum atomic E-state index is -0.732. The average Bonchev–Trinajstić information content (AvgIpc) is 2.34. The first-order valence-electron chi connectivity index (χ1n) is 6.95. The van der Waals surface area contributed by atoms with Gasteiger partial charge < -0.3 is 9.84 Å². The van der Waals surface area contributed by atoms with E-state index in [1.165, 1.54) is 0 Å². The molecule has 0 aromatic heterocycles. The molecule has 0 aliphatic rings. The SMILES string of the molecule is CCCC(CC(=O)O)c1ccc(OCC)c(C)c1C. The van der Waals surface area contributed by atoms with E-state index in [2.05, 4.69) is 13.8 Å². The van der Waals surface area contributed by atoms with E-state index in [0.717, 1.165) is 35.3 Å². The quantitative estimate of drug-likeness (QED) is 0.807. The van der Waals surface area contributed by atoms with Crippen LogP contribution in [0.15, 0.2) is 12.1 Å². The summed E-state index contributed by atoms with van der Waals surface area (Å²) < 4.78 is 5.58. The van der Waals surface area contributed by atoms with Crippen LogP contribution in [0.2, 0.25) is 0 Å². The number of benzene rings is 1. The molecule has 0 radical (unpaired) electrons. The third-order valence-corrected chi connectivity index (χ3v) is 3.58. The minimum Gasteiger partial charge on any atom is -0.494 e. The summed E-state index contributed by atoms with van der Waals surface area (Å²) in [6.07, 6.45) is 2.09. The molecule has 0 saturated heterocycles. The first-order chi connectivity index (χ1) is 9.01. The van der Waals surface area contributed by atoms with E-state index in [4.69, 9.17) is 9.84 Å². The number of rotatable bonds is 7. The summed E-state index contributed by atoms with van der Waals surface area (Å²) in [6.45, 7) is 8.79. The van der Waals surface area contributed by atoms with Crippen molar-refractivity contribution in [1.82, 2.24) is 0 Å². The topological polar surface area (TPSA) is 46.5 Å². The molecule has 0 spiro atoms. The Bertz CT molecular complexity index is 438. The Hall–Kier alpha value is -1.51. The van der Waals surface area contributed by atoms with Crippen LogP contribution in [0.4, 0.5) is 0 Å². The van der Waals surface area contributed by atoms with Crippen LogP contribution >= 0.6 is 0 Å². The molecule has 0 fully saturated rings. The molecule has 19 heavy (non-hydrogen) atoms. The number of hydrogen-bond acceptors (Lipinski definition) is 2. The monoisotopic (exact) mass is 264 g/mol. The molecule has 1 aromatic rings. The lowest BCUT2D eigenvalue weighted by molar-refractivity contribution is -0.137. The van der Waals surface area contributed by atoms with Crippen molar-refractivity contribution in [3.05, 3.63) is 28.8 Å². The number of carboxylic acids is 1. The summed E-state index contributed by atoms with van der Waals surface area (Å²) in [7, 11) is 0. The summed E-state index contributed by atoms with van der Waals surface area (Å²) in [6, 6.07) is 3.99. The standard InChI is InChI=1S/C16H24O3/c1-5-7-13(10-16(17)18)14-8-9-15(19-6-2)12(4)11(14)3/h8-9,13H,5-7,10H2,1-4H3,(H,17,18). The maximum atomic E-state index is 11.0. The zero-order chi connectivity index (χ0) is 14.4. The van der Waals surface area contributed by atoms with Gasteiger partial charge >= 0.3 is 5.97 Å². The van der Waals surface area contributed by atoms with Crippen LogP contribution in [0, 0.1) is 13.8 Å². The number of carboxylic acid groups (broad SMARTS) is 1. The average molecular weight is 264 g/mol. The van der Waals surface area contributed by atoms with E-state index in [1.54, 1.807) is 0 Å². The highest BCUT2D eigenvalue weighted by Crippen LogP contribution is 2.33. The lowest BCUT2D eigenvalue weighted by atomic mass is 9.86. The van der Waals surface area contributed by atoms with Gasteiger partial charge in [-0.1, -0.05) is 19.4 Å². The molecule has 106 valence electrons. The largest absolute Gasteiger partial charge is 0.494 e. The fraction of sp³-hybridized carbons (Fsp3) is 0.562. The van der Waals surface area contributed by atoms with Gasteiger partial charge in [-0.2, -0.15) is 0 Å². The lowest BCUT2D eigenvalue weighted by Gasteiger charge is -2.20. The van der Waals surface area contributed by atoms with Crippen LogP contribution in [-0.4, -0.2) is 17.7 Å². The minimum absolute atomic E-state index is 0.0943. The molecule has 1 rings (SSSR count). The van der Waals surface area contributed by atoms with Gasteiger partial charge in [-0.25, -0.2) is 0 Å².